The van der Waals surface area contributed by atoms with E-state index in [1.54, 1.807) is 20.8 Å². The molecule has 2 heterocycles. The summed E-state index contributed by atoms with van der Waals surface area (Å²) in [6.45, 7) is 9.38. The van der Waals surface area contributed by atoms with Crippen LogP contribution in [0, 0.1) is 13.8 Å². The molecule has 2 aliphatic heterocycles. The maximum Gasteiger partial charge on any atom is 0.407 e. The molecule has 31 heavy (non-hydrogen) atoms. The molecule has 1 N–H and O–H groups in total. The number of nitrogens with one attached hydrogen (secondary N) is 1. The zero-order valence-electron chi connectivity index (χ0n) is 18.5. The number of anilines is 1. The largest absolute Gasteiger partial charge is 0.444 e. The molecule has 2 atom stereocenters. The number of thioether (sulfide) groups is 1. The summed E-state index contributed by atoms with van der Waals surface area (Å²) in [6, 6.07) is 5.60. The van der Waals surface area contributed by atoms with E-state index in [9.17, 15) is 18.0 Å². The van der Waals surface area contributed by atoms with Crippen molar-refractivity contribution in [2.45, 2.75) is 57.9 Å². The first-order valence-corrected chi connectivity index (χ1v) is 12.9. The summed E-state index contributed by atoms with van der Waals surface area (Å²) in [5.41, 5.74) is 2.37. The van der Waals surface area contributed by atoms with Gasteiger partial charge in [-0.25, -0.2) is 13.2 Å². The second-order valence-corrected chi connectivity index (χ2v) is 12.2. The Bertz CT molecular complexity index is 1010. The highest BCUT2D eigenvalue weighted by Gasteiger charge is 2.49. The summed E-state index contributed by atoms with van der Waals surface area (Å²) in [4.78, 5) is 30.4. The number of benzene rings is 1. The number of ether oxygens (including phenoxy) is 1. The van der Waals surface area contributed by atoms with E-state index in [2.05, 4.69) is 10.3 Å². The molecular formula is C21H29N3O5S2. The number of sulfone groups is 1. The number of carbonyl (C=O) groups excluding carboxylic acids is 2. The van der Waals surface area contributed by atoms with E-state index >= 15 is 0 Å². The van der Waals surface area contributed by atoms with Crippen LogP contribution in [0.2, 0.25) is 0 Å². The first kappa shape index (κ1) is 23.6. The topological polar surface area (TPSA) is 105 Å². The lowest BCUT2D eigenvalue weighted by Crippen LogP contribution is -2.38. The van der Waals surface area contributed by atoms with Crippen LogP contribution in [-0.4, -0.2) is 60.5 Å². The molecule has 1 aromatic rings. The number of nitrogens with zero attached hydrogens (tertiary/aromatic N) is 2. The summed E-state index contributed by atoms with van der Waals surface area (Å²) in [5, 5.41) is 2.91. The highest BCUT2D eigenvalue weighted by Crippen LogP contribution is 2.42. The van der Waals surface area contributed by atoms with Crippen molar-refractivity contribution in [2.24, 2.45) is 4.99 Å². The van der Waals surface area contributed by atoms with Crippen molar-refractivity contribution in [1.29, 1.82) is 0 Å². The monoisotopic (exact) mass is 467 g/mol. The standard InChI is InChI=1S/C21H29N3O5S2/c1-13-7-6-8-15(14(13)2)24-16-11-31(27,28)12-17(16)30-19(24)23-18(25)9-10-22-20(26)29-21(3,4)5/h6-8,16-17H,9-12H2,1-5H3,(H,22,26)/t16-,17-/m1/s1. The summed E-state index contributed by atoms with van der Waals surface area (Å²) >= 11 is 1.34. The van der Waals surface area contributed by atoms with Crippen LogP contribution in [-0.2, 0) is 19.4 Å². The van der Waals surface area contributed by atoms with Crippen LogP contribution in [0.25, 0.3) is 0 Å². The highest BCUT2D eigenvalue weighted by atomic mass is 32.2. The average molecular weight is 468 g/mol. The number of amides is 2. The third-order valence-electron chi connectivity index (χ3n) is 5.13. The fraction of sp³-hybridized carbons (Fsp3) is 0.571. The average Bonchev–Trinajstić information content (AvgIpc) is 3.07. The molecule has 2 aliphatic rings. The lowest BCUT2D eigenvalue weighted by molar-refractivity contribution is -0.117. The zero-order valence-corrected chi connectivity index (χ0v) is 20.1. The highest BCUT2D eigenvalue weighted by molar-refractivity contribution is 8.16. The Morgan fingerprint density at radius 1 is 1.26 bits per heavy atom. The Hall–Kier alpha value is -2.07. The van der Waals surface area contributed by atoms with Crippen molar-refractivity contribution >= 4 is 44.5 Å². The van der Waals surface area contributed by atoms with E-state index in [4.69, 9.17) is 4.74 Å². The van der Waals surface area contributed by atoms with Gasteiger partial charge in [-0.1, -0.05) is 23.9 Å². The van der Waals surface area contributed by atoms with E-state index in [1.165, 1.54) is 11.8 Å². The zero-order chi connectivity index (χ0) is 23.0. The second kappa shape index (κ2) is 8.82. The molecule has 2 amide bonds. The molecule has 3 rings (SSSR count). The minimum Gasteiger partial charge on any atom is -0.444 e. The predicted octanol–water partition coefficient (Wildman–Crippen LogP) is 2.82. The van der Waals surface area contributed by atoms with E-state index in [0.717, 1.165) is 16.8 Å². The van der Waals surface area contributed by atoms with Gasteiger partial charge in [0.05, 0.1) is 17.5 Å². The summed E-state index contributed by atoms with van der Waals surface area (Å²) in [5.74, 6) is -0.251. The molecular weight excluding hydrogens is 438 g/mol. The van der Waals surface area contributed by atoms with Crippen LogP contribution < -0.4 is 10.2 Å². The van der Waals surface area contributed by atoms with Crippen LogP contribution in [0.15, 0.2) is 23.2 Å². The molecule has 0 unspecified atom stereocenters. The van der Waals surface area contributed by atoms with Crippen molar-refractivity contribution in [2.75, 3.05) is 23.0 Å². The molecule has 0 aromatic heterocycles. The lowest BCUT2D eigenvalue weighted by Gasteiger charge is -2.26. The molecule has 8 nitrogen and oxygen atoms in total. The number of aryl methyl sites for hydroxylation is 1. The Balaban J connectivity index is 1.76. The number of aliphatic imine (C=N–C) groups is 1. The number of hydrogen-bond acceptors (Lipinski definition) is 6. The summed E-state index contributed by atoms with van der Waals surface area (Å²) in [7, 11) is -3.12. The van der Waals surface area contributed by atoms with Gasteiger partial charge in [0.15, 0.2) is 15.0 Å². The maximum absolute atomic E-state index is 12.5. The Morgan fingerprint density at radius 3 is 2.65 bits per heavy atom. The quantitative estimate of drug-likeness (QED) is 0.726. The molecule has 2 saturated heterocycles. The van der Waals surface area contributed by atoms with Gasteiger partial charge in [-0.15, -0.1) is 0 Å². The Kier molecular flexibility index (Phi) is 6.71. The van der Waals surface area contributed by atoms with E-state index in [-0.39, 0.29) is 41.7 Å². The van der Waals surface area contributed by atoms with E-state index < -0.39 is 21.5 Å². The molecule has 1 aromatic carbocycles. The van der Waals surface area contributed by atoms with Crippen molar-refractivity contribution in [1.82, 2.24) is 5.32 Å². The van der Waals surface area contributed by atoms with Gasteiger partial charge in [-0.05, 0) is 51.8 Å². The second-order valence-electron chi connectivity index (χ2n) is 8.86. The SMILES string of the molecule is Cc1cccc(N2C(=NC(=O)CCNC(=O)OC(C)(C)C)S[C@@H]3CS(=O)(=O)C[C@H]32)c1C. The number of alkyl carbamates (subject to hydrolysis) is 1. The predicted molar refractivity (Wildman–Crippen MR) is 124 cm³/mol. The van der Waals surface area contributed by atoms with Crippen LogP contribution >= 0.6 is 11.8 Å². The fourth-order valence-corrected chi connectivity index (χ4v) is 7.52. The number of hydrogen-bond donors (Lipinski definition) is 1. The van der Waals surface area contributed by atoms with E-state index in [0.29, 0.717) is 5.17 Å². The van der Waals surface area contributed by atoms with Crippen LogP contribution in [0.4, 0.5) is 10.5 Å². The van der Waals surface area contributed by atoms with Crippen molar-refractivity contribution in [3.63, 3.8) is 0 Å². The van der Waals surface area contributed by atoms with Crippen LogP contribution in [0.1, 0.15) is 38.3 Å². The minimum absolute atomic E-state index is 0.0254. The maximum atomic E-state index is 12.5. The summed E-state index contributed by atoms with van der Waals surface area (Å²) in [6.07, 6.45) is -0.558. The van der Waals surface area contributed by atoms with Crippen molar-refractivity contribution in [3.8, 4) is 0 Å². The van der Waals surface area contributed by atoms with Gasteiger partial charge in [0.1, 0.15) is 5.60 Å². The first-order chi connectivity index (χ1) is 14.4. The van der Waals surface area contributed by atoms with Gasteiger partial charge >= 0.3 is 6.09 Å². The number of carbonyl (C=O) groups is 2. The van der Waals surface area contributed by atoms with Gasteiger partial charge in [0.25, 0.3) is 0 Å². The summed E-state index contributed by atoms with van der Waals surface area (Å²) < 4.78 is 29.6. The van der Waals surface area contributed by atoms with Crippen molar-refractivity contribution in [3.05, 3.63) is 29.3 Å². The molecule has 0 aliphatic carbocycles. The molecule has 0 spiro atoms. The Labute approximate surface area is 187 Å². The molecule has 2 fully saturated rings. The fourth-order valence-electron chi connectivity index (χ4n) is 3.59. The molecule has 10 heteroatoms. The van der Waals surface area contributed by atoms with Crippen LogP contribution in [0.3, 0.4) is 0 Å². The molecule has 170 valence electrons. The number of rotatable bonds is 4. The molecule has 0 bridgehead atoms. The Morgan fingerprint density at radius 2 is 1.97 bits per heavy atom. The smallest absolute Gasteiger partial charge is 0.407 e. The normalized spacial score (nSPS) is 23.6. The molecule has 0 saturated carbocycles. The first-order valence-electron chi connectivity index (χ1n) is 10.2. The number of fused-ring (bicyclic) bond motifs is 1. The van der Waals surface area contributed by atoms with Gasteiger partial charge in [-0.3, -0.25) is 4.79 Å². The third-order valence-corrected chi connectivity index (χ3v) is 8.34. The molecule has 0 radical (unpaired) electrons. The van der Waals surface area contributed by atoms with Gasteiger partial charge in [0, 0.05) is 23.9 Å². The number of amidine groups is 1. The minimum atomic E-state index is -3.12. The third kappa shape index (κ3) is 5.79. The van der Waals surface area contributed by atoms with Gasteiger partial charge in [0.2, 0.25) is 5.91 Å². The van der Waals surface area contributed by atoms with E-state index in [1.807, 2.05) is 36.9 Å². The van der Waals surface area contributed by atoms with Crippen molar-refractivity contribution < 1.29 is 22.7 Å². The van der Waals surface area contributed by atoms with Gasteiger partial charge in [-0.2, -0.15) is 4.99 Å². The van der Waals surface area contributed by atoms with Gasteiger partial charge < -0.3 is 15.0 Å². The van der Waals surface area contributed by atoms with Crippen LogP contribution in [0.5, 0.6) is 0 Å². The lowest BCUT2D eigenvalue weighted by atomic mass is 10.1.